The van der Waals surface area contributed by atoms with Gasteiger partial charge in [0, 0.05) is 12.1 Å². The van der Waals surface area contributed by atoms with Crippen molar-refractivity contribution in [1.82, 2.24) is 19.9 Å². The summed E-state index contributed by atoms with van der Waals surface area (Å²) in [6.45, 7) is 8.83. The van der Waals surface area contributed by atoms with E-state index in [0.29, 0.717) is 12.1 Å². The topological polar surface area (TPSA) is 48.1 Å². The van der Waals surface area contributed by atoms with Crippen molar-refractivity contribution in [3.63, 3.8) is 0 Å². The molecule has 0 bridgehead atoms. The zero-order valence-corrected chi connectivity index (χ0v) is 12.1. The van der Waals surface area contributed by atoms with Crippen LogP contribution in [0.5, 0.6) is 0 Å². The van der Waals surface area contributed by atoms with Crippen LogP contribution in [0.2, 0.25) is 0 Å². The fourth-order valence-corrected chi connectivity index (χ4v) is 4.20. The van der Waals surface area contributed by atoms with Gasteiger partial charge in [-0.2, -0.15) is 0 Å². The number of nitrogens with one attached hydrogen (secondary N) is 4. The molecule has 0 aliphatic carbocycles. The Morgan fingerprint density at radius 1 is 0.867 bits per heavy atom. The van der Waals surface area contributed by atoms with Crippen molar-refractivity contribution in [2.45, 2.75) is 52.6 Å². The molecule has 0 aliphatic rings. The third kappa shape index (κ3) is 5.08. The van der Waals surface area contributed by atoms with Crippen LogP contribution in [0.3, 0.4) is 0 Å². The Kier molecular flexibility index (Phi) is 7.38. The second kappa shape index (κ2) is 7.35. The molecule has 15 heavy (non-hydrogen) atoms. The van der Waals surface area contributed by atoms with Gasteiger partial charge >= 0.3 is 8.72 Å². The summed E-state index contributed by atoms with van der Waals surface area (Å²) in [7, 11) is 2.10. The van der Waals surface area contributed by atoms with E-state index < -0.39 is 8.72 Å². The van der Waals surface area contributed by atoms with E-state index in [-0.39, 0.29) is 0 Å². The van der Waals surface area contributed by atoms with Gasteiger partial charge in [-0.1, -0.05) is 27.7 Å². The van der Waals surface area contributed by atoms with E-state index in [9.17, 15) is 0 Å². The van der Waals surface area contributed by atoms with Crippen molar-refractivity contribution in [2.75, 3.05) is 14.1 Å². The average molecular weight is 232 g/mol. The van der Waals surface area contributed by atoms with Crippen molar-refractivity contribution >= 4 is 8.72 Å². The van der Waals surface area contributed by atoms with Gasteiger partial charge in [0.1, 0.15) is 0 Å². The SMILES string of the molecule is CCC(C)N[Si](NC)(NC)NC(C)CC. The summed E-state index contributed by atoms with van der Waals surface area (Å²) in [5.74, 6) is 0. The molecule has 2 unspecified atom stereocenters. The van der Waals surface area contributed by atoms with Crippen molar-refractivity contribution < 1.29 is 0 Å². The zero-order chi connectivity index (χ0) is 11.9. The zero-order valence-electron chi connectivity index (χ0n) is 11.1. The molecular weight excluding hydrogens is 204 g/mol. The molecular formula is C10H28N4Si. The van der Waals surface area contributed by atoms with Crippen molar-refractivity contribution in [3.05, 3.63) is 0 Å². The molecule has 0 aliphatic heterocycles. The molecule has 0 spiro atoms. The summed E-state index contributed by atoms with van der Waals surface area (Å²) in [6, 6.07) is 1.04. The molecule has 0 heterocycles. The third-order valence-corrected chi connectivity index (χ3v) is 6.25. The Balaban J connectivity index is 4.42. The monoisotopic (exact) mass is 232 g/mol. The number of hydrogen-bond acceptors (Lipinski definition) is 4. The Hall–Kier alpha value is 0.0569. The molecule has 0 aromatic carbocycles. The van der Waals surface area contributed by atoms with E-state index >= 15 is 0 Å². The minimum absolute atomic E-state index is 0.521. The van der Waals surface area contributed by atoms with Gasteiger partial charge in [-0.25, -0.2) is 0 Å². The van der Waals surface area contributed by atoms with Crippen molar-refractivity contribution in [2.24, 2.45) is 0 Å². The quantitative estimate of drug-likeness (QED) is 0.464. The maximum Gasteiger partial charge on any atom is 0.365 e. The Morgan fingerprint density at radius 3 is 1.40 bits per heavy atom. The highest BCUT2D eigenvalue weighted by molar-refractivity contribution is 6.70. The minimum atomic E-state index is -1.91. The third-order valence-electron chi connectivity index (χ3n) is 2.90. The Morgan fingerprint density at radius 2 is 1.20 bits per heavy atom. The van der Waals surface area contributed by atoms with Crippen LogP contribution in [-0.4, -0.2) is 34.9 Å². The first-order valence-corrected chi connectivity index (χ1v) is 7.96. The summed E-state index contributed by atoms with van der Waals surface area (Å²) >= 11 is 0. The molecule has 0 saturated heterocycles. The van der Waals surface area contributed by atoms with E-state index in [1.54, 1.807) is 0 Å². The summed E-state index contributed by atoms with van der Waals surface area (Å²) in [6.07, 6.45) is 2.28. The second-order valence-electron chi connectivity index (χ2n) is 4.16. The van der Waals surface area contributed by atoms with Gasteiger partial charge in [0.25, 0.3) is 0 Å². The first-order chi connectivity index (χ1) is 7.03. The number of hydrogen-bond donors (Lipinski definition) is 4. The molecule has 0 amide bonds. The summed E-state index contributed by atoms with van der Waals surface area (Å²) in [5.41, 5.74) is 0. The van der Waals surface area contributed by atoms with Crippen molar-refractivity contribution in [3.8, 4) is 0 Å². The Bertz CT molecular complexity index is 148. The van der Waals surface area contributed by atoms with E-state index in [2.05, 4.69) is 47.6 Å². The summed E-state index contributed by atoms with van der Waals surface area (Å²) in [4.78, 5) is 14.1. The molecule has 92 valence electrons. The predicted molar refractivity (Wildman–Crippen MR) is 69.7 cm³/mol. The first kappa shape index (κ1) is 15.1. The normalized spacial score (nSPS) is 16.4. The van der Waals surface area contributed by atoms with Crippen LogP contribution in [0.1, 0.15) is 40.5 Å². The van der Waals surface area contributed by atoms with Crippen LogP contribution >= 0.6 is 0 Å². The first-order valence-electron chi connectivity index (χ1n) is 5.96. The fraction of sp³-hybridized carbons (Fsp3) is 1.00. The van der Waals surface area contributed by atoms with E-state index in [4.69, 9.17) is 0 Å². The molecule has 0 aromatic heterocycles. The summed E-state index contributed by atoms with van der Waals surface area (Å²) in [5, 5.41) is 0. The maximum atomic E-state index is 3.65. The van der Waals surface area contributed by atoms with Gasteiger partial charge in [-0.05, 0) is 26.9 Å². The van der Waals surface area contributed by atoms with Gasteiger partial charge in [0.05, 0.1) is 0 Å². The molecule has 0 fully saturated rings. The van der Waals surface area contributed by atoms with Crippen LogP contribution in [0, 0.1) is 0 Å². The number of rotatable bonds is 8. The van der Waals surface area contributed by atoms with Crippen LogP contribution < -0.4 is 19.9 Å². The lowest BCUT2D eigenvalue weighted by Crippen LogP contribution is -2.81. The van der Waals surface area contributed by atoms with E-state index in [0.717, 1.165) is 12.8 Å². The molecule has 0 radical (unpaired) electrons. The second-order valence-corrected chi connectivity index (χ2v) is 7.23. The Labute approximate surface area is 95.9 Å². The highest BCUT2D eigenvalue weighted by Crippen LogP contribution is 1.96. The van der Waals surface area contributed by atoms with Crippen LogP contribution in [-0.2, 0) is 0 Å². The summed E-state index contributed by atoms with van der Waals surface area (Å²) < 4.78 is 0. The lowest BCUT2D eigenvalue weighted by atomic mass is 10.3. The van der Waals surface area contributed by atoms with Crippen LogP contribution in [0.25, 0.3) is 0 Å². The lowest BCUT2D eigenvalue weighted by molar-refractivity contribution is 0.559. The molecule has 5 heteroatoms. The maximum absolute atomic E-state index is 3.65. The average Bonchev–Trinajstić information content (AvgIpc) is 2.27. The molecule has 4 nitrogen and oxygen atoms in total. The van der Waals surface area contributed by atoms with Crippen molar-refractivity contribution in [1.29, 1.82) is 0 Å². The minimum Gasteiger partial charge on any atom is -0.303 e. The van der Waals surface area contributed by atoms with E-state index in [1.807, 2.05) is 14.1 Å². The lowest BCUT2D eigenvalue weighted by Gasteiger charge is -2.36. The van der Waals surface area contributed by atoms with Gasteiger partial charge in [0.2, 0.25) is 0 Å². The molecule has 0 aromatic rings. The van der Waals surface area contributed by atoms with Gasteiger partial charge in [-0.15, -0.1) is 0 Å². The highest BCUT2D eigenvalue weighted by Gasteiger charge is 2.33. The highest BCUT2D eigenvalue weighted by atomic mass is 28.4. The van der Waals surface area contributed by atoms with Gasteiger partial charge < -0.3 is 9.96 Å². The molecule has 2 atom stereocenters. The predicted octanol–water partition coefficient (Wildman–Crippen LogP) is 0.637. The molecule has 0 rings (SSSR count). The molecule has 0 saturated carbocycles. The van der Waals surface area contributed by atoms with E-state index in [1.165, 1.54) is 0 Å². The van der Waals surface area contributed by atoms with Gasteiger partial charge in [-0.3, -0.25) is 9.96 Å². The standard InChI is InChI=1S/C10H28N4Si/c1-7-9(3)13-15(11-5,12-6)14-10(4)8-2/h9-14H,7-8H2,1-6H3. The largest absolute Gasteiger partial charge is 0.365 e. The molecule has 4 N–H and O–H groups in total. The van der Waals surface area contributed by atoms with Crippen LogP contribution in [0.15, 0.2) is 0 Å². The van der Waals surface area contributed by atoms with Gasteiger partial charge in [0.15, 0.2) is 0 Å². The van der Waals surface area contributed by atoms with Crippen LogP contribution in [0.4, 0.5) is 0 Å². The smallest absolute Gasteiger partial charge is 0.303 e. The fourth-order valence-electron chi connectivity index (χ4n) is 1.40.